The van der Waals surface area contributed by atoms with Crippen LogP contribution >= 0.6 is 11.3 Å². The molecule has 102 valence electrons. The molecule has 0 fully saturated rings. The van der Waals surface area contributed by atoms with Crippen LogP contribution in [0.15, 0.2) is 29.6 Å². The average Bonchev–Trinajstić information content (AvgIpc) is 2.75. The van der Waals surface area contributed by atoms with Gasteiger partial charge in [0.25, 0.3) is 10.0 Å². The maximum Gasteiger partial charge on any atom is 0.281 e. The second kappa shape index (κ2) is 5.64. The van der Waals surface area contributed by atoms with Gasteiger partial charge in [-0.15, -0.1) is 11.3 Å². The Balaban J connectivity index is 2.19. The molecule has 0 radical (unpaired) electrons. The standard InChI is InChI=1S/C11H14N4O2S2/c1-8-5-14-11(18-8)15-19(16,17)10-4-3-9(6-12-2)7-13-10/h3-5,7,12H,6H2,1-2H3,(H,14,15). The Hall–Kier alpha value is -1.51. The lowest BCUT2D eigenvalue weighted by molar-refractivity contribution is 0.597. The molecule has 2 heterocycles. The van der Waals surface area contributed by atoms with Gasteiger partial charge in [0.15, 0.2) is 10.2 Å². The summed E-state index contributed by atoms with van der Waals surface area (Å²) in [6.45, 7) is 2.51. The van der Waals surface area contributed by atoms with Crippen molar-refractivity contribution in [3.05, 3.63) is 35.0 Å². The highest BCUT2D eigenvalue weighted by molar-refractivity contribution is 7.92. The molecule has 8 heteroatoms. The summed E-state index contributed by atoms with van der Waals surface area (Å²) in [5.41, 5.74) is 0.923. The number of nitrogens with zero attached hydrogens (tertiary/aromatic N) is 2. The van der Waals surface area contributed by atoms with Crippen LogP contribution in [0.3, 0.4) is 0 Å². The van der Waals surface area contributed by atoms with Crippen molar-refractivity contribution >= 4 is 26.5 Å². The van der Waals surface area contributed by atoms with Crippen LogP contribution in [-0.2, 0) is 16.6 Å². The fourth-order valence-electron chi connectivity index (χ4n) is 1.45. The van der Waals surface area contributed by atoms with Crippen LogP contribution in [0.25, 0.3) is 0 Å². The van der Waals surface area contributed by atoms with Gasteiger partial charge >= 0.3 is 0 Å². The first-order valence-corrected chi connectivity index (χ1v) is 7.86. The third-order valence-corrected chi connectivity index (χ3v) is 4.51. The monoisotopic (exact) mass is 298 g/mol. The zero-order valence-corrected chi connectivity index (χ0v) is 12.2. The van der Waals surface area contributed by atoms with Gasteiger partial charge < -0.3 is 5.32 Å². The molecule has 0 spiro atoms. The molecule has 2 N–H and O–H groups in total. The number of hydrogen-bond donors (Lipinski definition) is 2. The van der Waals surface area contributed by atoms with Gasteiger partial charge in [-0.05, 0) is 25.6 Å². The summed E-state index contributed by atoms with van der Waals surface area (Å²) in [4.78, 5) is 8.86. The lowest BCUT2D eigenvalue weighted by Gasteiger charge is -2.05. The maximum absolute atomic E-state index is 12.1. The van der Waals surface area contributed by atoms with E-state index in [-0.39, 0.29) is 5.03 Å². The molecule has 0 aliphatic carbocycles. The van der Waals surface area contributed by atoms with E-state index in [0.29, 0.717) is 11.7 Å². The lowest BCUT2D eigenvalue weighted by atomic mass is 10.3. The molecule has 2 aromatic rings. The van der Waals surface area contributed by atoms with Gasteiger partial charge in [0.05, 0.1) is 0 Å². The van der Waals surface area contributed by atoms with Gasteiger partial charge in [0.1, 0.15) is 0 Å². The Morgan fingerprint density at radius 2 is 2.05 bits per heavy atom. The molecule has 0 aliphatic rings. The van der Waals surface area contributed by atoms with Crippen molar-refractivity contribution in [1.82, 2.24) is 15.3 Å². The maximum atomic E-state index is 12.1. The molecule has 0 saturated heterocycles. The molecule has 0 amide bonds. The highest BCUT2D eigenvalue weighted by Crippen LogP contribution is 2.20. The first kappa shape index (κ1) is 13.9. The molecular formula is C11H14N4O2S2. The predicted octanol–water partition coefficient (Wildman–Crippen LogP) is 1.37. The fraction of sp³-hybridized carbons (Fsp3) is 0.273. The third-order valence-electron chi connectivity index (χ3n) is 2.30. The lowest BCUT2D eigenvalue weighted by Crippen LogP contribution is -2.14. The molecule has 2 aromatic heterocycles. The molecular weight excluding hydrogens is 284 g/mol. The van der Waals surface area contributed by atoms with Crippen molar-refractivity contribution in [2.75, 3.05) is 11.8 Å². The van der Waals surface area contributed by atoms with E-state index >= 15 is 0 Å². The van der Waals surface area contributed by atoms with E-state index in [0.717, 1.165) is 10.4 Å². The van der Waals surface area contributed by atoms with Crippen LogP contribution in [-0.4, -0.2) is 25.4 Å². The molecule has 2 rings (SSSR count). The topological polar surface area (TPSA) is 84.0 Å². The fourth-order valence-corrected chi connectivity index (χ4v) is 3.29. The first-order valence-electron chi connectivity index (χ1n) is 5.56. The normalized spacial score (nSPS) is 11.5. The van der Waals surface area contributed by atoms with Gasteiger partial charge in [-0.1, -0.05) is 6.07 Å². The van der Waals surface area contributed by atoms with Crippen LogP contribution in [0, 0.1) is 6.92 Å². The van der Waals surface area contributed by atoms with Crippen LogP contribution in [0.5, 0.6) is 0 Å². The van der Waals surface area contributed by atoms with Gasteiger partial charge in [0.2, 0.25) is 0 Å². The number of thiazole rings is 1. The highest BCUT2D eigenvalue weighted by atomic mass is 32.2. The van der Waals surface area contributed by atoms with Crippen LogP contribution in [0.1, 0.15) is 10.4 Å². The highest BCUT2D eigenvalue weighted by Gasteiger charge is 2.17. The smallest absolute Gasteiger partial charge is 0.281 e. The van der Waals surface area contributed by atoms with Gasteiger partial charge in [-0.2, -0.15) is 8.42 Å². The molecule has 0 bridgehead atoms. The Labute approximate surface area is 116 Å². The minimum absolute atomic E-state index is 0.0137. The zero-order chi connectivity index (χ0) is 13.9. The van der Waals surface area contributed by atoms with Crippen molar-refractivity contribution < 1.29 is 8.42 Å². The van der Waals surface area contributed by atoms with Crippen molar-refractivity contribution in [2.45, 2.75) is 18.5 Å². The van der Waals surface area contributed by atoms with E-state index in [1.54, 1.807) is 12.3 Å². The molecule has 0 aliphatic heterocycles. The van der Waals surface area contributed by atoms with E-state index in [4.69, 9.17) is 0 Å². The van der Waals surface area contributed by atoms with Gasteiger partial charge in [0, 0.05) is 23.8 Å². The van der Waals surface area contributed by atoms with Gasteiger partial charge in [-0.25, -0.2) is 9.97 Å². The number of aryl methyl sites for hydroxylation is 1. The number of hydrogen-bond acceptors (Lipinski definition) is 6. The largest absolute Gasteiger partial charge is 0.316 e. The van der Waals surface area contributed by atoms with E-state index in [1.807, 2.05) is 14.0 Å². The number of nitrogens with one attached hydrogen (secondary N) is 2. The summed E-state index contributed by atoms with van der Waals surface area (Å²) in [7, 11) is -1.85. The van der Waals surface area contributed by atoms with Crippen LogP contribution in [0.2, 0.25) is 0 Å². The first-order chi connectivity index (χ1) is 9.01. The SMILES string of the molecule is CNCc1ccc(S(=O)(=O)Nc2ncc(C)s2)nc1. The molecule has 0 unspecified atom stereocenters. The van der Waals surface area contributed by atoms with Crippen LogP contribution in [0.4, 0.5) is 5.13 Å². The molecule has 19 heavy (non-hydrogen) atoms. The van der Waals surface area contributed by atoms with E-state index in [9.17, 15) is 8.42 Å². The predicted molar refractivity (Wildman–Crippen MR) is 74.7 cm³/mol. The summed E-state index contributed by atoms with van der Waals surface area (Å²) < 4.78 is 26.5. The average molecular weight is 298 g/mol. The number of sulfonamides is 1. The minimum atomic E-state index is -3.67. The number of rotatable bonds is 5. The van der Waals surface area contributed by atoms with Crippen molar-refractivity contribution in [2.24, 2.45) is 0 Å². The Morgan fingerprint density at radius 3 is 2.58 bits per heavy atom. The summed E-state index contributed by atoms with van der Waals surface area (Å²) in [5.74, 6) is 0. The van der Waals surface area contributed by atoms with E-state index < -0.39 is 10.0 Å². The second-order valence-corrected chi connectivity index (χ2v) is 6.78. The summed E-state index contributed by atoms with van der Waals surface area (Å²) >= 11 is 1.28. The Morgan fingerprint density at radius 1 is 1.26 bits per heavy atom. The molecule has 6 nitrogen and oxygen atoms in total. The minimum Gasteiger partial charge on any atom is -0.316 e. The summed E-state index contributed by atoms with van der Waals surface area (Å²) in [5, 5.41) is 3.30. The summed E-state index contributed by atoms with van der Waals surface area (Å²) in [6, 6.07) is 3.21. The quantitative estimate of drug-likeness (QED) is 0.871. The zero-order valence-electron chi connectivity index (χ0n) is 10.5. The van der Waals surface area contributed by atoms with Gasteiger partial charge in [-0.3, -0.25) is 4.72 Å². The van der Waals surface area contributed by atoms with Crippen molar-refractivity contribution in [3.63, 3.8) is 0 Å². The number of anilines is 1. The number of aromatic nitrogens is 2. The second-order valence-electron chi connectivity index (χ2n) is 3.92. The summed E-state index contributed by atoms with van der Waals surface area (Å²) in [6.07, 6.45) is 3.16. The van der Waals surface area contributed by atoms with E-state index in [2.05, 4.69) is 20.0 Å². The Kier molecular flexibility index (Phi) is 4.13. The molecule has 0 aromatic carbocycles. The number of pyridine rings is 1. The molecule has 0 atom stereocenters. The molecule has 0 saturated carbocycles. The van der Waals surface area contributed by atoms with Crippen LogP contribution < -0.4 is 10.0 Å². The van der Waals surface area contributed by atoms with Crippen molar-refractivity contribution in [3.8, 4) is 0 Å². The Bertz CT molecular complexity index is 650. The van der Waals surface area contributed by atoms with Crippen molar-refractivity contribution in [1.29, 1.82) is 0 Å². The van der Waals surface area contributed by atoms with E-state index in [1.165, 1.54) is 23.6 Å². The third kappa shape index (κ3) is 3.49.